The molecule has 0 unspecified atom stereocenters. The molecule has 3 heteroatoms. The number of benzene rings is 2. The van der Waals surface area contributed by atoms with Gasteiger partial charge in [-0.2, -0.15) is 11.8 Å². The van der Waals surface area contributed by atoms with E-state index in [1.807, 2.05) is 62.4 Å². The normalized spacial score (nSPS) is 13.1. The third-order valence-corrected chi connectivity index (χ3v) is 4.80. The summed E-state index contributed by atoms with van der Waals surface area (Å²) in [7, 11) is 0. The molecule has 0 aliphatic heterocycles. The van der Waals surface area contributed by atoms with Crippen molar-refractivity contribution in [2.45, 2.75) is 31.9 Å². The summed E-state index contributed by atoms with van der Waals surface area (Å²) in [5, 5.41) is 11.5. The lowest BCUT2D eigenvalue weighted by atomic mass is 9.79. The minimum atomic E-state index is -1.16. The van der Waals surface area contributed by atoms with Crippen molar-refractivity contribution in [3.8, 4) is 0 Å². The summed E-state index contributed by atoms with van der Waals surface area (Å²) in [5.41, 5.74) is 9.32. The molecule has 0 saturated carbocycles. The average Bonchev–Trinajstić information content (AvgIpc) is 2.53. The standard InChI is InChI=1S/C19H25NOS/c1-14-4-8-16(9-5-14)19(21,18(20)12-13-22-3)17-10-6-15(2)7-11-17/h4-11,18,21H,12-13,20H2,1-3H3/t18-/m1/s1. The first-order valence-electron chi connectivity index (χ1n) is 7.59. The van der Waals surface area contributed by atoms with E-state index in [0.29, 0.717) is 0 Å². The monoisotopic (exact) mass is 315 g/mol. The van der Waals surface area contributed by atoms with Gasteiger partial charge in [0.05, 0.1) is 0 Å². The third kappa shape index (κ3) is 3.54. The van der Waals surface area contributed by atoms with Crippen LogP contribution in [0.1, 0.15) is 28.7 Å². The first kappa shape index (κ1) is 17.1. The van der Waals surface area contributed by atoms with Crippen LogP contribution in [0.2, 0.25) is 0 Å². The Morgan fingerprint density at radius 1 is 0.955 bits per heavy atom. The van der Waals surface area contributed by atoms with Gasteiger partial charge in [0.25, 0.3) is 0 Å². The molecule has 0 aliphatic rings. The molecule has 0 radical (unpaired) electrons. The molecular formula is C19H25NOS. The van der Waals surface area contributed by atoms with Crippen molar-refractivity contribution in [3.05, 3.63) is 70.8 Å². The van der Waals surface area contributed by atoms with E-state index in [0.717, 1.165) is 23.3 Å². The second-order valence-electron chi connectivity index (χ2n) is 5.89. The number of hydrogen-bond donors (Lipinski definition) is 2. The molecule has 3 N–H and O–H groups in total. The van der Waals surface area contributed by atoms with Gasteiger partial charge in [0, 0.05) is 6.04 Å². The number of rotatable bonds is 6. The first-order valence-corrected chi connectivity index (χ1v) is 8.99. The summed E-state index contributed by atoms with van der Waals surface area (Å²) >= 11 is 1.75. The summed E-state index contributed by atoms with van der Waals surface area (Å²) < 4.78 is 0. The first-order chi connectivity index (χ1) is 10.5. The number of aliphatic hydroxyl groups is 1. The lowest BCUT2D eigenvalue weighted by Gasteiger charge is -2.35. The van der Waals surface area contributed by atoms with Gasteiger partial charge in [0.2, 0.25) is 0 Å². The van der Waals surface area contributed by atoms with Crippen LogP contribution in [0.25, 0.3) is 0 Å². The fourth-order valence-electron chi connectivity index (χ4n) is 2.66. The smallest absolute Gasteiger partial charge is 0.130 e. The van der Waals surface area contributed by atoms with E-state index in [-0.39, 0.29) is 6.04 Å². The molecule has 0 aliphatic carbocycles. The molecule has 118 valence electrons. The van der Waals surface area contributed by atoms with E-state index >= 15 is 0 Å². The molecule has 0 amide bonds. The third-order valence-electron chi connectivity index (χ3n) is 4.15. The van der Waals surface area contributed by atoms with Crippen LogP contribution in [-0.4, -0.2) is 23.2 Å². The fraction of sp³-hybridized carbons (Fsp3) is 0.368. The molecule has 2 nitrogen and oxygen atoms in total. The topological polar surface area (TPSA) is 46.2 Å². The van der Waals surface area contributed by atoms with Crippen molar-refractivity contribution in [2.75, 3.05) is 12.0 Å². The van der Waals surface area contributed by atoms with Gasteiger partial charge < -0.3 is 10.8 Å². The van der Waals surface area contributed by atoms with Gasteiger partial charge in [-0.3, -0.25) is 0 Å². The quantitative estimate of drug-likeness (QED) is 0.856. The Morgan fingerprint density at radius 2 is 1.36 bits per heavy atom. The van der Waals surface area contributed by atoms with Gasteiger partial charge >= 0.3 is 0 Å². The highest BCUT2D eigenvalue weighted by molar-refractivity contribution is 7.98. The van der Waals surface area contributed by atoms with Gasteiger partial charge in [-0.25, -0.2) is 0 Å². The minimum absolute atomic E-state index is 0.342. The van der Waals surface area contributed by atoms with Crippen LogP contribution >= 0.6 is 11.8 Å². The van der Waals surface area contributed by atoms with Gasteiger partial charge in [-0.15, -0.1) is 0 Å². The summed E-state index contributed by atoms with van der Waals surface area (Å²) in [5.74, 6) is 0.932. The maximum atomic E-state index is 11.5. The second-order valence-corrected chi connectivity index (χ2v) is 6.87. The molecule has 0 saturated heterocycles. The van der Waals surface area contributed by atoms with E-state index in [1.165, 1.54) is 11.1 Å². The molecule has 1 atom stereocenters. The van der Waals surface area contributed by atoms with Gasteiger partial charge in [-0.05, 0) is 43.4 Å². The second kappa shape index (κ2) is 7.32. The summed E-state index contributed by atoms with van der Waals surface area (Å²) in [6.07, 6.45) is 2.82. The number of aryl methyl sites for hydroxylation is 2. The van der Waals surface area contributed by atoms with E-state index < -0.39 is 5.60 Å². The SMILES string of the molecule is CSCC[C@@H](N)C(O)(c1ccc(C)cc1)c1ccc(C)cc1. The predicted octanol–water partition coefficient (Wildman–Crippen LogP) is 3.62. The van der Waals surface area contributed by atoms with E-state index in [4.69, 9.17) is 5.73 Å². The zero-order chi connectivity index (χ0) is 16.2. The van der Waals surface area contributed by atoms with Crippen molar-refractivity contribution in [1.29, 1.82) is 0 Å². The molecule has 2 aromatic carbocycles. The lowest BCUT2D eigenvalue weighted by molar-refractivity contribution is 0.0507. The minimum Gasteiger partial charge on any atom is -0.379 e. The van der Waals surface area contributed by atoms with Crippen molar-refractivity contribution in [1.82, 2.24) is 0 Å². The van der Waals surface area contributed by atoms with Crippen molar-refractivity contribution in [3.63, 3.8) is 0 Å². The maximum Gasteiger partial charge on any atom is 0.130 e. The van der Waals surface area contributed by atoms with Crippen LogP contribution in [0.3, 0.4) is 0 Å². The molecule has 0 heterocycles. The lowest BCUT2D eigenvalue weighted by Crippen LogP contribution is -2.46. The largest absolute Gasteiger partial charge is 0.379 e. The Balaban J connectivity index is 2.47. The Morgan fingerprint density at radius 3 is 1.73 bits per heavy atom. The Kier molecular flexibility index (Phi) is 5.68. The van der Waals surface area contributed by atoms with Crippen LogP contribution in [0, 0.1) is 13.8 Å². The van der Waals surface area contributed by atoms with Crippen molar-refractivity contribution in [2.24, 2.45) is 5.73 Å². The summed E-state index contributed by atoms with van der Waals surface area (Å²) in [6, 6.07) is 15.7. The maximum absolute atomic E-state index is 11.5. The van der Waals surface area contributed by atoms with Crippen LogP contribution in [0.5, 0.6) is 0 Å². The van der Waals surface area contributed by atoms with Crippen molar-refractivity contribution >= 4 is 11.8 Å². The predicted molar refractivity (Wildman–Crippen MR) is 96.3 cm³/mol. The van der Waals surface area contributed by atoms with E-state index in [1.54, 1.807) is 11.8 Å². The Labute approximate surface area is 137 Å². The molecule has 2 aromatic rings. The molecule has 22 heavy (non-hydrogen) atoms. The van der Waals surface area contributed by atoms with Gasteiger partial charge in [0.1, 0.15) is 5.60 Å². The van der Waals surface area contributed by atoms with Crippen LogP contribution in [-0.2, 0) is 5.60 Å². The molecule has 0 aromatic heterocycles. The fourth-order valence-corrected chi connectivity index (χ4v) is 3.15. The van der Waals surface area contributed by atoms with Gasteiger partial charge in [0.15, 0.2) is 0 Å². The molecule has 2 rings (SSSR count). The average molecular weight is 315 g/mol. The molecular weight excluding hydrogens is 290 g/mol. The highest BCUT2D eigenvalue weighted by atomic mass is 32.2. The number of hydrogen-bond acceptors (Lipinski definition) is 3. The van der Waals surface area contributed by atoms with Crippen LogP contribution < -0.4 is 5.73 Å². The Bertz CT molecular complexity index is 546. The van der Waals surface area contributed by atoms with Crippen LogP contribution in [0.4, 0.5) is 0 Å². The number of thioether (sulfide) groups is 1. The zero-order valence-electron chi connectivity index (χ0n) is 13.5. The number of nitrogens with two attached hydrogens (primary N) is 1. The highest BCUT2D eigenvalue weighted by Crippen LogP contribution is 2.34. The molecule has 0 fully saturated rings. The Hall–Kier alpha value is -1.29. The highest BCUT2D eigenvalue weighted by Gasteiger charge is 2.37. The van der Waals surface area contributed by atoms with Crippen molar-refractivity contribution < 1.29 is 5.11 Å². The molecule has 0 spiro atoms. The van der Waals surface area contributed by atoms with Crippen LogP contribution in [0.15, 0.2) is 48.5 Å². The summed E-state index contributed by atoms with van der Waals surface area (Å²) in [6.45, 7) is 4.09. The molecule has 0 bridgehead atoms. The summed E-state index contributed by atoms with van der Waals surface area (Å²) in [4.78, 5) is 0. The zero-order valence-corrected chi connectivity index (χ0v) is 14.4. The van der Waals surface area contributed by atoms with Gasteiger partial charge in [-0.1, -0.05) is 59.7 Å². The van der Waals surface area contributed by atoms with E-state index in [9.17, 15) is 5.11 Å². The van der Waals surface area contributed by atoms with E-state index in [2.05, 4.69) is 6.26 Å².